The molecule has 1 aliphatic rings. The highest BCUT2D eigenvalue weighted by Crippen LogP contribution is 2.24. The van der Waals surface area contributed by atoms with Gasteiger partial charge < -0.3 is 13.9 Å². The molecular formula is C21H22NO3+. The van der Waals surface area contributed by atoms with Crippen molar-refractivity contribution in [2.75, 3.05) is 33.4 Å². The number of benzene rings is 2. The number of hydrogen-bond donors (Lipinski definition) is 0. The zero-order valence-corrected chi connectivity index (χ0v) is 14.6. The van der Waals surface area contributed by atoms with Crippen molar-refractivity contribution in [2.24, 2.45) is 0 Å². The molecule has 128 valence electrons. The molecule has 0 unspecified atom stereocenters. The lowest BCUT2D eigenvalue weighted by Crippen LogP contribution is -2.40. The minimum Gasteiger partial charge on any atom is -0.497 e. The van der Waals surface area contributed by atoms with Crippen molar-refractivity contribution < 1.29 is 13.9 Å². The molecule has 0 bridgehead atoms. The summed E-state index contributed by atoms with van der Waals surface area (Å²) in [5.41, 5.74) is 3.17. The molecule has 1 aliphatic heterocycles. The molecular weight excluding hydrogens is 314 g/mol. The average Bonchev–Trinajstić information content (AvgIpc) is 2.68. The Labute approximate surface area is 146 Å². The summed E-state index contributed by atoms with van der Waals surface area (Å²) in [5.74, 6) is 1.70. The van der Waals surface area contributed by atoms with Crippen molar-refractivity contribution in [2.45, 2.75) is 6.92 Å². The van der Waals surface area contributed by atoms with E-state index in [-0.39, 0.29) is 0 Å². The van der Waals surface area contributed by atoms with E-state index in [4.69, 9.17) is 13.9 Å². The van der Waals surface area contributed by atoms with Crippen LogP contribution < -0.4 is 14.7 Å². The lowest BCUT2D eigenvalue weighted by atomic mass is 10.1. The molecule has 0 radical (unpaired) electrons. The van der Waals surface area contributed by atoms with Crippen LogP contribution in [0.15, 0.2) is 52.9 Å². The quantitative estimate of drug-likeness (QED) is 0.674. The van der Waals surface area contributed by atoms with Gasteiger partial charge in [-0.1, -0.05) is 11.6 Å². The number of methoxy groups -OCH3 is 1. The van der Waals surface area contributed by atoms with Crippen molar-refractivity contribution in [3.05, 3.63) is 59.5 Å². The van der Waals surface area contributed by atoms with Crippen LogP contribution in [0.5, 0.6) is 5.75 Å². The Hall–Kier alpha value is -2.59. The Kier molecular flexibility index (Phi) is 4.28. The molecule has 3 aromatic rings. The van der Waals surface area contributed by atoms with Gasteiger partial charge in [0.1, 0.15) is 30.3 Å². The first kappa shape index (κ1) is 15.9. The smallest absolute Gasteiger partial charge is 0.214 e. The predicted octanol–water partition coefficient (Wildman–Crippen LogP) is 3.22. The monoisotopic (exact) mass is 336 g/mol. The number of morpholine rings is 1. The highest BCUT2D eigenvalue weighted by atomic mass is 16.5. The molecule has 4 rings (SSSR count). The van der Waals surface area contributed by atoms with Crippen LogP contribution in [0.25, 0.3) is 22.3 Å². The van der Waals surface area contributed by atoms with Gasteiger partial charge in [0.25, 0.3) is 0 Å². The lowest BCUT2D eigenvalue weighted by Gasteiger charge is -2.12. The molecule has 0 N–H and O–H groups in total. The Balaban J connectivity index is 1.96. The summed E-state index contributed by atoms with van der Waals surface area (Å²) in [4.78, 5) is 0. The van der Waals surface area contributed by atoms with Crippen LogP contribution in [-0.4, -0.2) is 33.4 Å². The van der Waals surface area contributed by atoms with Crippen LogP contribution in [0.2, 0.25) is 0 Å². The molecule has 2 heterocycles. The van der Waals surface area contributed by atoms with Gasteiger partial charge in [0, 0.05) is 5.56 Å². The van der Waals surface area contributed by atoms with Crippen LogP contribution in [0.4, 0.5) is 0 Å². The third-order valence-corrected chi connectivity index (χ3v) is 4.63. The topological polar surface area (TPSA) is 34.6 Å². The number of nitrogens with zero attached hydrogens (tertiary/aromatic N) is 1. The molecule has 1 fully saturated rings. The molecule has 0 saturated carbocycles. The summed E-state index contributed by atoms with van der Waals surface area (Å²) < 4.78 is 19.4. The van der Waals surface area contributed by atoms with E-state index in [9.17, 15) is 0 Å². The SMILES string of the molecule is COc1ccc(-c2cc(=[N+]3CCOCC3)c3cc(C)ccc3o2)cc1. The molecule has 0 aliphatic carbocycles. The van der Waals surface area contributed by atoms with Crippen molar-refractivity contribution in [1.82, 2.24) is 4.58 Å². The number of aryl methyl sites for hydroxylation is 1. The maximum atomic E-state index is 6.21. The molecule has 4 nitrogen and oxygen atoms in total. The minimum atomic E-state index is 0.761. The largest absolute Gasteiger partial charge is 0.497 e. The standard InChI is InChI=1S/C21H22NO3/c1-15-3-8-20-18(13-15)19(22-9-11-24-12-10-22)14-21(25-20)16-4-6-17(23-2)7-5-16/h3-8,13-14H,9-12H2,1-2H3/q+1. The minimum absolute atomic E-state index is 0.761. The summed E-state index contributed by atoms with van der Waals surface area (Å²) in [6, 6.07) is 16.5. The second-order valence-electron chi connectivity index (χ2n) is 6.32. The number of fused-ring (bicyclic) bond motifs is 1. The van der Waals surface area contributed by atoms with E-state index in [0.717, 1.165) is 54.3 Å². The molecule has 0 spiro atoms. The van der Waals surface area contributed by atoms with Gasteiger partial charge in [-0.3, -0.25) is 0 Å². The summed E-state index contributed by atoms with van der Waals surface area (Å²) in [5, 5.41) is 2.36. The van der Waals surface area contributed by atoms with E-state index in [0.29, 0.717) is 0 Å². The maximum Gasteiger partial charge on any atom is 0.214 e. The van der Waals surface area contributed by atoms with Gasteiger partial charge in [-0.2, -0.15) is 0 Å². The van der Waals surface area contributed by atoms with Crippen molar-refractivity contribution in [1.29, 1.82) is 0 Å². The second kappa shape index (κ2) is 6.73. The predicted molar refractivity (Wildman–Crippen MR) is 98.8 cm³/mol. The Morgan fingerprint density at radius 1 is 0.960 bits per heavy atom. The van der Waals surface area contributed by atoms with Gasteiger partial charge in [-0.05, 0) is 43.3 Å². The fourth-order valence-electron chi connectivity index (χ4n) is 3.25. The zero-order valence-electron chi connectivity index (χ0n) is 14.6. The maximum absolute atomic E-state index is 6.21. The van der Waals surface area contributed by atoms with E-state index in [1.54, 1.807) is 7.11 Å². The van der Waals surface area contributed by atoms with Crippen LogP contribution in [-0.2, 0) is 4.74 Å². The van der Waals surface area contributed by atoms with Gasteiger partial charge in [0.05, 0.1) is 18.6 Å². The molecule has 4 heteroatoms. The first-order chi connectivity index (χ1) is 12.2. The normalized spacial score (nSPS) is 14.7. The molecule has 0 amide bonds. The van der Waals surface area contributed by atoms with Crippen molar-refractivity contribution in [3.63, 3.8) is 0 Å². The van der Waals surface area contributed by atoms with Crippen LogP contribution in [0.1, 0.15) is 5.56 Å². The van der Waals surface area contributed by atoms with Gasteiger partial charge in [0.15, 0.2) is 13.1 Å². The van der Waals surface area contributed by atoms with E-state index in [1.165, 1.54) is 10.9 Å². The van der Waals surface area contributed by atoms with Crippen LogP contribution in [0.3, 0.4) is 0 Å². The van der Waals surface area contributed by atoms with E-state index in [1.807, 2.05) is 24.3 Å². The highest BCUT2D eigenvalue weighted by Gasteiger charge is 2.16. The highest BCUT2D eigenvalue weighted by molar-refractivity contribution is 5.79. The number of rotatable bonds is 2. The van der Waals surface area contributed by atoms with E-state index in [2.05, 4.69) is 35.8 Å². The number of ether oxygens (including phenoxy) is 2. The summed E-state index contributed by atoms with van der Waals surface area (Å²) in [6.07, 6.45) is 0. The Morgan fingerprint density at radius 3 is 2.44 bits per heavy atom. The van der Waals surface area contributed by atoms with Gasteiger partial charge in [-0.25, -0.2) is 4.58 Å². The lowest BCUT2D eigenvalue weighted by molar-refractivity contribution is 0.0967. The fourth-order valence-corrected chi connectivity index (χ4v) is 3.25. The van der Waals surface area contributed by atoms with Gasteiger partial charge in [-0.15, -0.1) is 0 Å². The molecule has 1 aromatic heterocycles. The first-order valence-corrected chi connectivity index (χ1v) is 8.59. The van der Waals surface area contributed by atoms with Gasteiger partial charge in [0.2, 0.25) is 5.36 Å². The van der Waals surface area contributed by atoms with E-state index < -0.39 is 0 Å². The van der Waals surface area contributed by atoms with Crippen molar-refractivity contribution >= 4 is 11.0 Å². The second-order valence-corrected chi connectivity index (χ2v) is 6.32. The third kappa shape index (κ3) is 3.17. The first-order valence-electron chi connectivity index (χ1n) is 8.59. The summed E-state index contributed by atoms with van der Waals surface area (Å²) in [6.45, 7) is 5.43. The van der Waals surface area contributed by atoms with Crippen LogP contribution in [0, 0.1) is 6.92 Å². The van der Waals surface area contributed by atoms with Gasteiger partial charge >= 0.3 is 0 Å². The average molecular weight is 336 g/mol. The molecule has 1 saturated heterocycles. The molecule has 0 atom stereocenters. The van der Waals surface area contributed by atoms with Crippen molar-refractivity contribution in [3.8, 4) is 17.1 Å². The molecule has 2 aromatic carbocycles. The molecule has 25 heavy (non-hydrogen) atoms. The summed E-state index contributed by atoms with van der Waals surface area (Å²) in [7, 11) is 1.67. The Bertz CT molecular complexity index is 963. The number of hydrogen-bond acceptors (Lipinski definition) is 3. The zero-order chi connectivity index (χ0) is 17.2. The fraction of sp³-hybridized carbons (Fsp3) is 0.286. The third-order valence-electron chi connectivity index (χ3n) is 4.63. The van der Waals surface area contributed by atoms with E-state index >= 15 is 0 Å². The van der Waals surface area contributed by atoms with Crippen LogP contribution >= 0.6 is 0 Å². The Morgan fingerprint density at radius 2 is 1.72 bits per heavy atom. The summed E-state index contributed by atoms with van der Waals surface area (Å²) >= 11 is 0.